The number of aromatic nitrogens is 2. The van der Waals surface area contributed by atoms with Crippen molar-refractivity contribution in [2.24, 2.45) is 0 Å². The van der Waals surface area contributed by atoms with Crippen molar-refractivity contribution in [1.82, 2.24) is 13.9 Å². The molecule has 1 fully saturated rings. The second-order valence-electron chi connectivity index (χ2n) is 7.49. The summed E-state index contributed by atoms with van der Waals surface area (Å²) < 4.78 is 37.9. The minimum Gasteiger partial charge on any atom is -0.465 e. The van der Waals surface area contributed by atoms with Gasteiger partial charge in [0.05, 0.1) is 36.9 Å². The van der Waals surface area contributed by atoms with E-state index in [2.05, 4.69) is 10.3 Å². The molecule has 2 aromatic heterocycles. The number of nitrogens with one attached hydrogen (secondary N) is 1. The molecule has 0 saturated carbocycles. The molecule has 0 bridgehead atoms. The fourth-order valence-corrected chi connectivity index (χ4v) is 6.03. The number of ether oxygens (including phenoxy) is 2. The minimum absolute atomic E-state index is 0.118. The number of thiophene rings is 1. The Kier molecular flexibility index (Phi) is 6.79. The van der Waals surface area contributed by atoms with Crippen LogP contribution in [0.2, 0.25) is 0 Å². The van der Waals surface area contributed by atoms with Gasteiger partial charge in [0.1, 0.15) is 16.3 Å². The molecule has 1 amide bonds. The van der Waals surface area contributed by atoms with E-state index in [1.165, 1.54) is 42.0 Å². The largest absolute Gasteiger partial charge is 0.465 e. The molecule has 34 heavy (non-hydrogen) atoms. The zero-order chi connectivity index (χ0) is 24.5. The number of morpholine rings is 1. The van der Waals surface area contributed by atoms with Gasteiger partial charge in [-0.3, -0.25) is 14.2 Å². The summed E-state index contributed by atoms with van der Waals surface area (Å²) in [7, 11) is -2.38. The Morgan fingerprint density at radius 1 is 1.21 bits per heavy atom. The summed E-state index contributed by atoms with van der Waals surface area (Å²) in [6, 6.07) is 5.81. The SMILES string of the molecule is COC(=O)c1sc2ncn(CC(=O)Nc3ccc(S(=O)(=O)N4CCOCC4)cc3)c(=O)c2c1C. The van der Waals surface area contributed by atoms with Crippen molar-refractivity contribution >= 4 is 49.1 Å². The van der Waals surface area contributed by atoms with Crippen LogP contribution in [0.1, 0.15) is 15.2 Å². The van der Waals surface area contributed by atoms with Crippen molar-refractivity contribution < 1.29 is 27.5 Å². The Morgan fingerprint density at radius 2 is 1.88 bits per heavy atom. The summed E-state index contributed by atoms with van der Waals surface area (Å²) in [4.78, 5) is 42.3. The van der Waals surface area contributed by atoms with Crippen molar-refractivity contribution in [1.29, 1.82) is 0 Å². The maximum atomic E-state index is 12.9. The maximum absolute atomic E-state index is 12.9. The molecule has 13 heteroatoms. The van der Waals surface area contributed by atoms with Crippen LogP contribution in [-0.4, -0.2) is 67.6 Å². The Balaban J connectivity index is 1.48. The van der Waals surface area contributed by atoms with Gasteiger partial charge < -0.3 is 14.8 Å². The van der Waals surface area contributed by atoms with Gasteiger partial charge in [0.25, 0.3) is 5.56 Å². The number of methoxy groups -OCH3 is 1. The standard InChI is InChI=1S/C21H22N4O7S2/c1-13-17-19(33-18(13)21(28)31-2)22-12-24(20(17)27)11-16(26)23-14-3-5-15(6-4-14)34(29,30)25-7-9-32-10-8-25/h3-6,12H,7-11H2,1-2H3,(H,23,26). The van der Waals surface area contributed by atoms with Gasteiger partial charge in [0.2, 0.25) is 15.9 Å². The average molecular weight is 507 g/mol. The lowest BCUT2D eigenvalue weighted by Gasteiger charge is -2.26. The summed E-state index contributed by atoms with van der Waals surface area (Å²) in [6.45, 7) is 2.60. The quantitative estimate of drug-likeness (QED) is 0.493. The smallest absolute Gasteiger partial charge is 0.348 e. The number of esters is 1. The second-order valence-corrected chi connectivity index (χ2v) is 10.4. The number of carbonyl (C=O) groups is 2. The molecule has 3 heterocycles. The lowest BCUT2D eigenvalue weighted by molar-refractivity contribution is -0.116. The average Bonchev–Trinajstić information content (AvgIpc) is 3.18. The van der Waals surface area contributed by atoms with E-state index >= 15 is 0 Å². The van der Waals surface area contributed by atoms with Crippen LogP contribution < -0.4 is 10.9 Å². The highest BCUT2D eigenvalue weighted by atomic mass is 32.2. The summed E-state index contributed by atoms with van der Waals surface area (Å²) in [5.74, 6) is -1.05. The van der Waals surface area contributed by atoms with Crippen LogP contribution in [0.4, 0.5) is 5.69 Å². The monoisotopic (exact) mass is 506 g/mol. The molecule has 11 nitrogen and oxygen atoms in total. The highest BCUT2D eigenvalue weighted by Gasteiger charge is 2.26. The van der Waals surface area contributed by atoms with E-state index in [1.54, 1.807) is 6.92 Å². The fourth-order valence-electron chi connectivity index (χ4n) is 3.56. The molecule has 1 aromatic carbocycles. The van der Waals surface area contributed by atoms with Crippen LogP contribution in [-0.2, 0) is 30.8 Å². The van der Waals surface area contributed by atoms with E-state index in [1.807, 2.05) is 0 Å². The number of fused-ring (bicyclic) bond motifs is 1. The van der Waals surface area contributed by atoms with Crippen LogP contribution in [0.15, 0.2) is 40.3 Å². The number of hydrogen-bond donors (Lipinski definition) is 1. The zero-order valence-electron chi connectivity index (χ0n) is 18.4. The predicted octanol–water partition coefficient (Wildman–Crippen LogP) is 1.21. The van der Waals surface area contributed by atoms with Gasteiger partial charge in [-0.05, 0) is 36.8 Å². The summed E-state index contributed by atoms with van der Waals surface area (Å²) in [6.07, 6.45) is 1.25. The molecule has 0 unspecified atom stereocenters. The van der Waals surface area contributed by atoms with E-state index in [9.17, 15) is 22.8 Å². The van der Waals surface area contributed by atoms with Gasteiger partial charge in [-0.1, -0.05) is 0 Å². The van der Waals surface area contributed by atoms with Gasteiger partial charge in [0.15, 0.2) is 0 Å². The van der Waals surface area contributed by atoms with E-state index in [-0.39, 0.29) is 21.7 Å². The first-order valence-electron chi connectivity index (χ1n) is 10.3. The fraction of sp³-hybridized carbons (Fsp3) is 0.333. The number of anilines is 1. The van der Waals surface area contributed by atoms with E-state index in [0.717, 1.165) is 15.9 Å². The summed E-state index contributed by atoms with van der Waals surface area (Å²) >= 11 is 1.06. The third-order valence-corrected chi connectivity index (χ3v) is 8.44. The van der Waals surface area contributed by atoms with Crippen molar-refractivity contribution in [3.63, 3.8) is 0 Å². The molecular weight excluding hydrogens is 484 g/mol. The second kappa shape index (κ2) is 9.62. The first kappa shape index (κ1) is 24.0. The topological polar surface area (TPSA) is 137 Å². The van der Waals surface area contributed by atoms with Gasteiger partial charge in [-0.25, -0.2) is 18.2 Å². The van der Waals surface area contributed by atoms with E-state index in [0.29, 0.717) is 42.4 Å². The molecule has 0 radical (unpaired) electrons. The van der Waals surface area contributed by atoms with Crippen molar-refractivity contribution in [3.8, 4) is 0 Å². The molecule has 4 rings (SSSR count). The highest BCUT2D eigenvalue weighted by molar-refractivity contribution is 7.89. The molecular formula is C21H22N4O7S2. The summed E-state index contributed by atoms with van der Waals surface area (Å²) in [5.41, 5.74) is 0.389. The van der Waals surface area contributed by atoms with Crippen molar-refractivity contribution in [3.05, 3.63) is 51.4 Å². The summed E-state index contributed by atoms with van der Waals surface area (Å²) in [5, 5.41) is 2.91. The molecule has 180 valence electrons. The number of nitrogens with zero attached hydrogens (tertiary/aromatic N) is 3. The Hall–Kier alpha value is -3.13. The Bertz CT molecular complexity index is 1410. The molecule has 1 saturated heterocycles. The first-order valence-corrected chi connectivity index (χ1v) is 12.5. The Morgan fingerprint density at radius 3 is 2.53 bits per heavy atom. The molecule has 1 aliphatic rings. The lowest BCUT2D eigenvalue weighted by Crippen LogP contribution is -2.40. The highest BCUT2D eigenvalue weighted by Crippen LogP contribution is 2.27. The van der Waals surface area contributed by atoms with Gasteiger partial charge in [-0.2, -0.15) is 4.31 Å². The van der Waals surface area contributed by atoms with Gasteiger partial charge >= 0.3 is 5.97 Å². The predicted molar refractivity (Wildman–Crippen MR) is 125 cm³/mol. The first-order chi connectivity index (χ1) is 16.2. The molecule has 1 aliphatic heterocycles. The minimum atomic E-state index is -3.64. The van der Waals surface area contributed by atoms with Crippen molar-refractivity contribution in [2.75, 3.05) is 38.7 Å². The van der Waals surface area contributed by atoms with Gasteiger partial charge in [-0.15, -0.1) is 11.3 Å². The number of sulfonamides is 1. The number of amides is 1. The molecule has 0 spiro atoms. The van der Waals surface area contributed by atoms with E-state index in [4.69, 9.17) is 9.47 Å². The third kappa shape index (κ3) is 4.59. The molecule has 1 N–H and O–H groups in total. The number of carbonyl (C=O) groups excluding carboxylic acids is 2. The molecule has 3 aromatic rings. The van der Waals surface area contributed by atoms with Gasteiger partial charge in [0, 0.05) is 18.8 Å². The molecule has 0 atom stereocenters. The van der Waals surface area contributed by atoms with Crippen LogP contribution in [0.3, 0.4) is 0 Å². The number of hydrogen-bond acceptors (Lipinski definition) is 9. The number of benzene rings is 1. The van der Waals surface area contributed by atoms with Crippen molar-refractivity contribution in [2.45, 2.75) is 18.4 Å². The van der Waals surface area contributed by atoms with E-state index < -0.39 is 27.5 Å². The third-order valence-electron chi connectivity index (χ3n) is 5.35. The van der Waals surface area contributed by atoms with Crippen LogP contribution in [0, 0.1) is 6.92 Å². The maximum Gasteiger partial charge on any atom is 0.348 e. The zero-order valence-corrected chi connectivity index (χ0v) is 20.1. The Labute approximate surface area is 199 Å². The van der Waals surface area contributed by atoms with Crippen LogP contribution >= 0.6 is 11.3 Å². The number of aryl methyl sites for hydroxylation is 1. The lowest BCUT2D eigenvalue weighted by atomic mass is 10.2. The number of rotatable bonds is 6. The normalized spacial score (nSPS) is 14.8. The van der Waals surface area contributed by atoms with Crippen LogP contribution in [0.5, 0.6) is 0 Å². The molecule has 0 aliphatic carbocycles. The van der Waals surface area contributed by atoms with Crippen LogP contribution in [0.25, 0.3) is 10.2 Å².